The van der Waals surface area contributed by atoms with Gasteiger partial charge in [0.2, 0.25) is 0 Å². The van der Waals surface area contributed by atoms with Gasteiger partial charge in [0.05, 0.1) is 5.39 Å². The fourth-order valence-corrected chi connectivity index (χ4v) is 4.08. The number of hydrogen-bond donors (Lipinski definition) is 0. The molecule has 2 aromatic carbocycles. The highest BCUT2D eigenvalue weighted by Crippen LogP contribution is 2.29. The maximum atomic E-state index is 13.6. The van der Waals surface area contributed by atoms with Crippen molar-refractivity contribution in [2.75, 3.05) is 0 Å². The lowest BCUT2D eigenvalue weighted by Gasteiger charge is -2.16. The van der Waals surface area contributed by atoms with Crippen LogP contribution in [0.4, 0.5) is 0 Å². The third kappa shape index (κ3) is 3.26. The van der Waals surface area contributed by atoms with Crippen LogP contribution in [0.2, 0.25) is 0 Å². The molecule has 0 amide bonds. The maximum Gasteiger partial charge on any atom is 0.264 e. The normalized spacial score (nSPS) is 10.5. The first-order valence-electron chi connectivity index (χ1n) is 9.04. The summed E-state index contributed by atoms with van der Waals surface area (Å²) in [5, 5.41) is 1.51. The Morgan fingerprint density at radius 1 is 0.964 bits per heavy atom. The van der Waals surface area contributed by atoms with E-state index in [0.29, 0.717) is 10.9 Å². The molecule has 0 aliphatic heterocycles. The Morgan fingerprint density at radius 2 is 1.71 bits per heavy atom. The van der Waals surface area contributed by atoms with Crippen molar-refractivity contribution in [1.82, 2.24) is 9.55 Å². The smallest absolute Gasteiger partial charge is 0.264 e. The van der Waals surface area contributed by atoms with Crippen molar-refractivity contribution in [3.8, 4) is 17.5 Å². The van der Waals surface area contributed by atoms with Gasteiger partial charge >= 0.3 is 0 Å². The van der Waals surface area contributed by atoms with Crippen LogP contribution >= 0.6 is 15.9 Å². The second-order valence-electron chi connectivity index (χ2n) is 6.30. The SMILES string of the molecule is CCc1c(Br)c2cccc(C#Cc3ccncc3)c2c(=O)n1-c1ccccc1. The van der Waals surface area contributed by atoms with E-state index in [-0.39, 0.29) is 5.56 Å². The van der Waals surface area contributed by atoms with E-state index in [0.717, 1.165) is 33.2 Å². The van der Waals surface area contributed by atoms with Crippen molar-refractivity contribution < 1.29 is 0 Å². The van der Waals surface area contributed by atoms with Crippen molar-refractivity contribution in [3.63, 3.8) is 0 Å². The van der Waals surface area contributed by atoms with Gasteiger partial charge in [0.25, 0.3) is 5.56 Å². The number of rotatable bonds is 2. The van der Waals surface area contributed by atoms with Crippen LogP contribution in [0, 0.1) is 11.8 Å². The summed E-state index contributed by atoms with van der Waals surface area (Å²) in [6, 6.07) is 19.2. The van der Waals surface area contributed by atoms with Gasteiger partial charge in [0.1, 0.15) is 0 Å². The summed E-state index contributed by atoms with van der Waals surface area (Å²) in [6.07, 6.45) is 4.15. The van der Waals surface area contributed by atoms with Crippen LogP contribution in [0.3, 0.4) is 0 Å². The Balaban J connectivity index is 2.04. The van der Waals surface area contributed by atoms with Crippen molar-refractivity contribution in [2.24, 2.45) is 0 Å². The van der Waals surface area contributed by atoms with Crippen LogP contribution in [-0.4, -0.2) is 9.55 Å². The van der Waals surface area contributed by atoms with Gasteiger partial charge in [0, 0.05) is 44.8 Å². The van der Waals surface area contributed by atoms with Crippen molar-refractivity contribution in [3.05, 3.63) is 105 Å². The van der Waals surface area contributed by atoms with Crippen molar-refractivity contribution in [2.45, 2.75) is 13.3 Å². The highest BCUT2D eigenvalue weighted by Gasteiger charge is 2.17. The Bertz CT molecular complexity index is 1270. The third-order valence-electron chi connectivity index (χ3n) is 4.61. The molecule has 4 aromatic rings. The highest BCUT2D eigenvalue weighted by atomic mass is 79.9. The first-order chi connectivity index (χ1) is 13.7. The first kappa shape index (κ1) is 18.2. The van der Waals surface area contributed by atoms with Crippen LogP contribution in [0.25, 0.3) is 16.5 Å². The van der Waals surface area contributed by atoms with E-state index in [1.165, 1.54) is 0 Å². The van der Waals surface area contributed by atoms with Gasteiger partial charge < -0.3 is 0 Å². The Kier molecular flexibility index (Phi) is 5.10. The van der Waals surface area contributed by atoms with E-state index < -0.39 is 0 Å². The van der Waals surface area contributed by atoms with Gasteiger partial charge in [-0.2, -0.15) is 0 Å². The molecule has 0 saturated heterocycles. The van der Waals surface area contributed by atoms with Crippen LogP contribution in [0.1, 0.15) is 23.7 Å². The van der Waals surface area contributed by atoms with Crippen LogP contribution in [0.15, 0.2) is 82.3 Å². The van der Waals surface area contributed by atoms with Gasteiger partial charge in [0.15, 0.2) is 0 Å². The molecule has 136 valence electrons. The molecule has 0 atom stereocenters. The molecule has 0 unspecified atom stereocenters. The van der Waals surface area contributed by atoms with Crippen LogP contribution < -0.4 is 5.56 Å². The molecule has 2 heterocycles. The lowest BCUT2D eigenvalue weighted by atomic mass is 10.0. The quantitative estimate of drug-likeness (QED) is 0.415. The predicted octanol–water partition coefficient (Wildman–Crippen LogP) is 5.11. The largest absolute Gasteiger partial charge is 0.280 e. The van der Waals surface area contributed by atoms with E-state index >= 15 is 0 Å². The molecule has 0 aliphatic rings. The fraction of sp³-hybridized carbons (Fsp3) is 0.0833. The van der Waals surface area contributed by atoms with Gasteiger partial charge in [-0.25, -0.2) is 0 Å². The number of hydrogen-bond acceptors (Lipinski definition) is 2. The predicted molar refractivity (Wildman–Crippen MR) is 117 cm³/mol. The molecule has 2 aromatic heterocycles. The molecule has 0 N–H and O–H groups in total. The molecule has 0 bridgehead atoms. The molecule has 0 spiro atoms. The summed E-state index contributed by atoms with van der Waals surface area (Å²) in [5.41, 5.74) is 3.32. The second kappa shape index (κ2) is 7.84. The minimum atomic E-state index is -0.0547. The minimum Gasteiger partial charge on any atom is -0.280 e. The molecule has 0 aliphatic carbocycles. The summed E-state index contributed by atoms with van der Waals surface area (Å²) in [5.74, 6) is 6.31. The van der Waals surface area contributed by atoms with Gasteiger partial charge in [-0.1, -0.05) is 49.1 Å². The minimum absolute atomic E-state index is 0.0547. The highest BCUT2D eigenvalue weighted by molar-refractivity contribution is 9.10. The van der Waals surface area contributed by atoms with Crippen LogP contribution in [-0.2, 0) is 6.42 Å². The second-order valence-corrected chi connectivity index (χ2v) is 7.10. The zero-order chi connectivity index (χ0) is 19.5. The van der Waals surface area contributed by atoms with E-state index in [4.69, 9.17) is 0 Å². The number of pyridine rings is 2. The van der Waals surface area contributed by atoms with Crippen molar-refractivity contribution in [1.29, 1.82) is 0 Å². The van der Waals surface area contributed by atoms with E-state index in [2.05, 4.69) is 39.7 Å². The standard InChI is InChI=1S/C24H17BrN2O/c1-2-21-23(25)20-10-6-7-18(12-11-17-13-15-26-16-14-17)22(20)24(28)27(21)19-8-4-3-5-9-19/h3-10,13-16H,2H2,1H3. The monoisotopic (exact) mass is 428 g/mol. The third-order valence-corrected chi connectivity index (χ3v) is 5.50. The van der Waals surface area contributed by atoms with Gasteiger partial charge in [-0.15, -0.1) is 0 Å². The van der Waals surface area contributed by atoms with E-state index in [9.17, 15) is 4.79 Å². The number of halogens is 1. The number of fused-ring (bicyclic) bond motifs is 1. The average molecular weight is 429 g/mol. The summed E-state index contributed by atoms with van der Waals surface area (Å²) in [7, 11) is 0. The maximum absolute atomic E-state index is 13.6. The molecule has 0 fully saturated rings. The summed E-state index contributed by atoms with van der Waals surface area (Å²) >= 11 is 3.74. The lowest BCUT2D eigenvalue weighted by molar-refractivity contribution is 0.881. The zero-order valence-electron chi connectivity index (χ0n) is 15.3. The lowest BCUT2D eigenvalue weighted by Crippen LogP contribution is -2.23. The molecule has 28 heavy (non-hydrogen) atoms. The summed E-state index contributed by atoms with van der Waals surface area (Å²) < 4.78 is 2.71. The topological polar surface area (TPSA) is 34.9 Å². The molecule has 4 heteroatoms. The Labute approximate surface area is 171 Å². The van der Waals surface area contributed by atoms with Crippen molar-refractivity contribution >= 4 is 26.7 Å². The molecule has 0 saturated carbocycles. The molecule has 0 radical (unpaired) electrons. The number of aromatic nitrogens is 2. The zero-order valence-corrected chi connectivity index (χ0v) is 16.9. The summed E-state index contributed by atoms with van der Waals surface area (Å²) in [4.78, 5) is 17.6. The molecular formula is C24H17BrN2O. The molecular weight excluding hydrogens is 412 g/mol. The van der Waals surface area contributed by atoms with Gasteiger partial charge in [-0.3, -0.25) is 14.3 Å². The first-order valence-corrected chi connectivity index (χ1v) is 9.83. The average Bonchev–Trinajstić information content (AvgIpc) is 2.75. The van der Waals surface area contributed by atoms with Crippen LogP contribution in [0.5, 0.6) is 0 Å². The summed E-state index contributed by atoms with van der Waals surface area (Å²) in [6.45, 7) is 2.05. The Morgan fingerprint density at radius 3 is 2.43 bits per heavy atom. The fourth-order valence-electron chi connectivity index (χ4n) is 3.30. The van der Waals surface area contributed by atoms with E-state index in [1.54, 1.807) is 17.0 Å². The Hall–Kier alpha value is -3.16. The number of para-hydroxylation sites is 1. The van der Waals surface area contributed by atoms with Gasteiger partial charge in [-0.05, 0) is 52.7 Å². The van der Waals surface area contributed by atoms with E-state index in [1.807, 2.05) is 60.7 Å². The number of benzene rings is 2. The molecule has 3 nitrogen and oxygen atoms in total. The number of nitrogens with zero attached hydrogens (tertiary/aromatic N) is 2. The molecule has 4 rings (SSSR count).